The number of carbonyl (C=O) groups excluding carboxylic acids is 1. The number of nitrogens with one attached hydrogen (secondary N) is 3. The van der Waals surface area contributed by atoms with Crippen molar-refractivity contribution in [2.45, 2.75) is 0 Å². The number of carbonyl (C=O) groups is 1. The Hall–Kier alpha value is -3.68. The molecule has 0 saturated heterocycles. The number of nitro benzene ring substituents is 1. The average Bonchev–Trinajstić information content (AvgIpc) is 2.92. The van der Waals surface area contributed by atoms with Gasteiger partial charge in [-0.25, -0.2) is 4.79 Å². The molecule has 0 aliphatic heterocycles. The number of hydrogen-bond acceptors (Lipinski definition) is 4. The molecule has 0 aliphatic rings. The van der Waals surface area contributed by atoms with E-state index in [0.29, 0.717) is 22.3 Å². The van der Waals surface area contributed by atoms with Crippen molar-refractivity contribution in [3.63, 3.8) is 0 Å². The summed E-state index contributed by atoms with van der Waals surface area (Å²) in [5, 5.41) is 13.2. The first-order chi connectivity index (χ1) is 11.5. The van der Waals surface area contributed by atoms with Crippen molar-refractivity contribution in [1.82, 2.24) is 9.97 Å². The second-order valence-electron chi connectivity index (χ2n) is 5.01. The fraction of sp³-hybridized carbons (Fsp3) is 0. The van der Waals surface area contributed by atoms with Crippen LogP contribution in [0.1, 0.15) is 5.56 Å². The van der Waals surface area contributed by atoms with Crippen LogP contribution in [-0.2, 0) is 4.79 Å². The summed E-state index contributed by atoms with van der Waals surface area (Å²) in [4.78, 5) is 38.4. The maximum atomic E-state index is 11.9. The number of fused-ring (bicyclic) bond motifs is 1. The Balaban J connectivity index is 1.69. The number of aromatic nitrogens is 2. The molecule has 3 aromatic rings. The highest BCUT2D eigenvalue weighted by atomic mass is 16.6. The normalized spacial score (nSPS) is 11.0. The predicted octanol–water partition coefficient (Wildman–Crippen LogP) is 2.42. The Bertz CT molecular complexity index is 999. The average molecular weight is 324 g/mol. The lowest BCUT2D eigenvalue weighted by atomic mass is 10.2. The number of rotatable bonds is 4. The molecular weight excluding hydrogens is 312 g/mol. The summed E-state index contributed by atoms with van der Waals surface area (Å²) >= 11 is 0. The minimum Gasteiger partial charge on any atom is -0.322 e. The van der Waals surface area contributed by atoms with Crippen molar-refractivity contribution in [3.05, 3.63) is 74.7 Å². The summed E-state index contributed by atoms with van der Waals surface area (Å²) in [7, 11) is 0. The standard InChI is InChI=1S/C16H12N4O4/c21-15(8-3-10-1-5-12(6-2-10)20(23)24)17-11-4-7-13-14(9-11)19-16(22)18-13/h1-9H,(H,17,21)(H2,18,19,22)/b8-3+. The van der Waals surface area contributed by atoms with Crippen LogP contribution in [0.25, 0.3) is 17.1 Å². The molecule has 0 fully saturated rings. The number of aromatic amines is 2. The summed E-state index contributed by atoms with van der Waals surface area (Å²) in [6.45, 7) is 0. The summed E-state index contributed by atoms with van der Waals surface area (Å²) in [5.74, 6) is -0.356. The molecule has 1 aromatic heterocycles. The molecule has 2 aromatic carbocycles. The van der Waals surface area contributed by atoms with Crippen LogP contribution in [0.5, 0.6) is 0 Å². The molecule has 1 amide bonds. The molecule has 8 heteroatoms. The van der Waals surface area contributed by atoms with Gasteiger partial charge in [0.25, 0.3) is 5.69 Å². The minimum atomic E-state index is -0.484. The first-order valence-corrected chi connectivity index (χ1v) is 6.97. The topological polar surface area (TPSA) is 121 Å². The third-order valence-corrected chi connectivity index (χ3v) is 3.31. The molecular formula is C16H12N4O4. The predicted molar refractivity (Wildman–Crippen MR) is 89.7 cm³/mol. The SMILES string of the molecule is O=C(/C=C/c1ccc([N+](=O)[O-])cc1)Nc1ccc2[nH]c(=O)[nH]c2c1. The van der Waals surface area contributed by atoms with Crippen LogP contribution >= 0.6 is 0 Å². The molecule has 0 atom stereocenters. The van der Waals surface area contributed by atoms with Crippen LogP contribution in [0, 0.1) is 10.1 Å². The summed E-state index contributed by atoms with van der Waals surface area (Å²) in [6, 6.07) is 10.8. The number of H-pyrrole nitrogens is 2. The zero-order valence-corrected chi connectivity index (χ0v) is 12.3. The maximum Gasteiger partial charge on any atom is 0.323 e. The molecule has 1 heterocycles. The van der Waals surface area contributed by atoms with Crippen molar-refractivity contribution >= 4 is 34.4 Å². The number of imidazole rings is 1. The van der Waals surface area contributed by atoms with Crippen molar-refractivity contribution in [1.29, 1.82) is 0 Å². The Morgan fingerprint density at radius 3 is 2.50 bits per heavy atom. The molecule has 0 radical (unpaired) electrons. The van der Waals surface area contributed by atoms with Crippen molar-refractivity contribution in [3.8, 4) is 0 Å². The van der Waals surface area contributed by atoms with Gasteiger partial charge in [-0.3, -0.25) is 14.9 Å². The van der Waals surface area contributed by atoms with E-state index < -0.39 is 4.92 Å². The Labute approximate surface area is 135 Å². The van der Waals surface area contributed by atoms with Crippen molar-refractivity contribution in [2.75, 3.05) is 5.32 Å². The Morgan fingerprint density at radius 2 is 1.79 bits per heavy atom. The van der Waals surface area contributed by atoms with E-state index in [9.17, 15) is 19.7 Å². The largest absolute Gasteiger partial charge is 0.323 e. The van der Waals surface area contributed by atoms with Crippen LogP contribution < -0.4 is 11.0 Å². The van der Waals surface area contributed by atoms with E-state index in [-0.39, 0.29) is 17.3 Å². The molecule has 24 heavy (non-hydrogen) atoms. The third kappa shape index (κ3) is 3.38. The van der Waals surface area contributed by atoms with Gasteiger partial charge in [0.05, 0.1) is 16.0 Å². The van der Waals surface area contributed by atoms with Gasteiger partial charge in [0.1, 0.15) is 0 Å². The van der Waals surface area contributed by atoms with Crippen molar-refractivity contribution in [2.24, 2.45) is 0 Å². The molecule has 0 spiro atoms. The first kappa shape index (κ1) is 15.2. The second-order valence-corrected chi connectivity index (χ2v) is 5.01. The molecule has 0 bridgehead atoms. The van der Waals surface area contributed by atoms with Crippen molar-refractivity contribution < 1.29 is 9.72 Å². The molecule has 0 aliphatic carbocycles. The van der Waals surface area contributed by atoms with E-state index in [1.807, 2.05) is 0 Å². The van der Waals surface area contributed by atoms with Crippen LogP contribution in [0.15, 0.2) is 53.3 Å². The fourth-order valence-electron chi connectivity index (χ4n) is 2.17. The molecule has 0 saturated carbocycles. The quantitative estimate of drug-likeness (QED) is 0.387. The number of anilines is 1. The van der Waals surface area contributed by atoms with Gasteiger partial charge in [-0.1, -0.05) is 0 Å². The van der Waals surface area contributed by atoms with Gasteiger partial charge in [0.2, 0.25) is 5.91 Å². The smallest absolute Gasteiger partial charge is 0.322 e. The monoisotopic (exact) mass is 324 g/mol. The summed E-state index contributed by atoms with van der Waals surface area (Å²) in [6.07, 6.45) is 2.88. The molecule has 8 nitrogen and oxygen atoms in total. The van der Waals surface area contributed by atoms with Crippen LogP contribution in [0.2, 0.25) is 0 Å². The number of hydrogen-bond donors (Lipinski definition) is 3. The number of non-ortho nitro benzene ring substituents is 1. The molecule has 3 N–H and O–H groups in total. The van der Waals surface area contributed by atoms with E-state index in [4.69, 9.17) is 0 Å². The van der Waals surface area contributed by atoms with Gasteiger partial charge >= 0.3 is 5.69 Å². The fourth-order valence-corrected chi connectivity index (χ4v) is 2.17. The van der Waals surface area contributed by atoms with E-state index in [0.717, 1.165) is 0 Å². The molecule has 120 valence electrons. The third-order valence-electron chi connectivity index (χ3n) is 3.31. The number of benzene rings is 2. The zero-order valence-electron chi connectivity index (χ0n) is 12.3. The van der Waals surface area contributed by atoms with Gasteiger partial charge in [0, 0.05) is 23.9 Å². The Kier molecular flexibility index (Phi) is 3.94. The molecule has 3 rings (SSSR count). The highest BCUT2D eigenvalue weighted by Crippen LogP contribution is 2.15. The van der Waals surface area contributed by atoms with E-state index in [1.165, 1.54) is 18.2 Å². The number of amides is 1. The van der Waals surface area contributed by atoms with Gasteiger partial charge in [-0.15, -0.1) is 0 Å². The highest BCUT2D eigenvalue weighted by Gasteiger charge is 2.04. The van der Waals surface area contributed by atoms with E-state index >= 15 is 0 Å². The summed E-state index contributed by atoms with van der Waals surface area (Å²) in [5.41, 5.74) is 2.13. The molecule has 0 unspecified atom stereocenters. The van der Waals surface area contributed by atoms with Crippen LogP contribution in [0.4, 0.5) is 11.4 Å². The first-order valence-electron chi connectivity index (χ1n) is 6.97. The second kappa shape index (κ2) is 6.21. The van der Waals surface area contributed by atoms with E-state index in [2.05, 4.69) is 15.3 Å². The summed E-state index contributed by atoms with van der Waals surface area (Å²) < 4.78 is 0. The van der Waals surface area contributed by atoms with Gasteiger partial charge in [0.15, 0.2) is 0 Å². The minimum absolute atomic E-state index is 0.00889. The Morgan fingerprint density at radius 1 is 1.08 bits per heavy atom. The lowest BCUT2D eigenvalue weighted by molar-refractivity contribution is -0.384. The van der Waals surface area contributed by atoms with Crippen LogP contribution in [-0.4, -0.2) is 20.8 Å². The number of nitrogens with zero attached hydrogens (tertiary/aromatic N) is 1. The number of nitro groups is 1. The lowest BCUT2D eigenvalue weighted by Gasteiger charge is -2.01. The van der Waals surface area contributed by atoms with E-state index in [1.54, 1.807) is 36.4 Å². The highest BCUT2D eigenvalue weighted by molar-refractivity contribution is 6.02. The van der Waals surface area contributed by atoms with Gasteiger partial charge in [-0.2, -0.15) is 0 Å². The lowest BCUT2D eigenvalue weighted by Crippen LogP contribution is -2.07. The van der Waals surface area contributed by atoms with Gasteiger partial charge in [-0.05, 0) is 42.0 Å². The maximum absolute atomic E-state index is 11.9. The van der Waals surface area contributed by atoms with Gasteiger partial charge < -0.3 is 15.3 Å². The zero-order chi connectivity index (χ0) is 17.1. The van der Waals surface area contributed by atoms with Crippen LogP contribution in [0.3, 0.4) is 0 Å².